The van der Waals surface area contributed by atoms with Crippen LogP contribution in [0.3, 0.4) is 0 Å². The van der Waals surface area contributed by atoms with E-state index in [1.165, 1.54) is 24.4 Å². The molecule has 1 atom stereocenters. The molecule has 0 radical (unpaired) electrons. The molecule has 0 bridgehead atoms. The van der Waals surface area contributed by atoms with Crippen LogP contribution in [-0.2, 0) is 0 Å². The second-order valence-corrected chi connectivity index (χ2v) is 4.56. The summed E-state index contributed by atoms with van der Waals surface area (Å²) in [6.07, 6.45) is 2.57. The zero-order chi connectivity index (χ0) is 13.1. The van der Waals surface area contributed by atoms with E-state index in [1.54, 1.807) is 6.07 Å². The van der Waals surface area contributed by atoms with Crippen molar-refractivity contribution >= 4 is 15.9 Å². The van der Waals surface area contributed by atoms with Gasteiger partial charge in [-0.2, -0.15) is 0 Å². The summed E-state index contributed by atoms with van der Waals surface area (Å²) in [4.78, 5) is 3.75. The maximum Gasteiger partial charge on any atom is 0.141 e. The quantitative estimate of drug-likeness (QED) is 0.676. The van der Waals surface area contributed by atoms with Gasteiger partial charge in [-0.3, -0.25) is 10.8 Å². The van der Waals surface area contributed by atoms with Gasteiger partial charge in [0.15, 0.2) is 0 Å². The predicted molar refractivity (Wildman–Crippen MR) is 67.5 cm³/mol. The lowest BCUT2D eigenvalue weighted by atomic mass is 10.0. The van der Waals surface area contributed by atoms with Crippen LogP contribution >= 0.6 is 15.9 Å². The topological polar surface area (TPSA) is 50.9 Å². The zero-order valence-electron chi connectivity index (χ0n) is 9.20. The molecule has 1 aromatic carbocycles. The fourth-order valence-electron chi connectivity index (χ4n) is 1.69. The van der Waals surface area contributed by atoms with Crippen LogP contribution in [0.1, 0.15) is 17.2 Å². The van der Waals surface area contributed by atoms with Crippen molar-refractivity contribution in [2.24, 2.45) is 5.84 Å². The van der Waals surface area contributed by atoms with Crippen molar-refractivity contribution in [3.63, 3.8) is 0 Å². The van der Waals surface area contributed by atoms with Gasteiger partial charge in [0.2, 0.25) is 0 Å². The highest BCUT2D eigenvalue weighted by Crippen LogP contribution is 2.28. The van der Waals surface area contributed by atoms with E-state index in [1.807, 2.05) is 0 Å². The third-order valence-corrected chi connectivity index (χ3v) is 3.22. The normalized spacial score (nSPS) is 12.4. The van der Waals surface area contributed by atoms with E-state index in [9.17, 15) is 8.78 Å². The van der Waals surface area contributed by atoms with Crippen LogP contribution in [0.2, 0.25) is 0 Å². The number of nitrogens with two attached hydrogens (primary N) is 1. The van der Waals surface area contributed by atoms with Crippen molar-refractivity contribution in [1.29, 1.82) is 0 Å². The molecule has 1 unspecified atom stereocenters. The summed E-state index contributed by atoms with van der Waals surface area (Å²) in [5.74, 6) is 4.60. The van der Waals surface area contributed by atoms with Gasteiger partial charge >= 0.3 is 0 Å². The number of nitrogens with one attached hydrogen (secondary N) is 1. The van der Waals surface area contributed by atoms with Gasteiger partial charge in [-0.1, -0.05) is 15.9 Å². The lowest BCUT2D eigenvalue weighted by molar-refractivity contribution is 0.588. The molecule has 0 saturated heterocycles. The summed E-state index contributed by atoms with van der Waals surface area (Å²) in [5.41, 5.74) is 3.62. The Labute approximate surface area is 111 Å². The summed E-state index contributed by atoms with van der Waals surface area (Å²) in [6.45, 7) is 0. The second kappa shape index (κ2) is 5.51. The minimum absolute atomic E-state index is 0.391. The van der Waals surface area contributed by atoms with Crippen molar-refractivity contribution in [3.05, 3.63) is 63.9 Å². The van der Waals surface area contributed by atoms with Gasteiger partial charge < -0.3 is 0 Å². The van der Waals surface area contributed by atoms with Gasteiger partial charge in [0.05, 0.1) is 12.2 Å². The van der Waals surface area contributed by atoms with Gasteiger partial charge in [-0.15, -0.1) is 0 Å². The molecule has 0 aliphatic rings. The number of benzene rings is 1. The number of hydrogen-bond acceptors (Lipinski definition) is 3. The minimum Gasteiger partial charge on any atom is -0.271 e. The number of pyridine rings is 1. The molecule has 0 aliphatic heterocycles. The maximum atomic E-state index is 13.3. The first-order chi connectivity index (χ1) is 8.61. The highest BCUT2D eigenvalue weighted by molar-refractivity contribution is 9.10. The lowest BCUT2D eigenvalue weighted by Gasteiger charge is -2.18. The van der Waals surface area contributed by atoms with Gasteiger partial charge in [-0.05, 0) is 35.4 Å². The van der Waals surface area contributed by atoms with Gasteiger partial charge in [-0.25, -0.2) is 14.2 Å². The average Bonchev–Trinajstić information content (AvgIpc) is 2.35. The molecule has 2 rings (SSSR count). The van der Waals surface area contributed by atoms with Gasteiger partial charge in [0.25, 0.3) is 0 Å². The van der Waals surface area contributed by atoms with E-state index >= 15 is 0 Å². The van der Waals surface area contributed by atoms with E-state index in [-0.39, 0.29) is 0 Å². The molecule has 18 heavy (non-hydrogen) atoms. The van der Waals surface area contributed by atoms with E-state index < -0.39 is 17.7 Å². The van der Waals surface area contributed by atoms with Crippen LogP contribution in [0.5, 0.6) is 0 Å². The predicted octanol–water partition coefficient (Wildman–Crippen LogP) is 2.68. The van der Waals surface area contributed by atoms with Crippen molar-refractivity contribution in [1.82, 2.24) is 10.4 Å². The molecule has 3 N–H and O–H groups in total. The van der Waals surface area contributed by atoms with Crippen LogP contribution in [0.25, 0.3) is 0 Å². The van der Waals surface area contributed by atoms with Crippen molar-refractivity contribution in [2.45, 2.75) is 6.04 Å². The van der Waals surface area contributed by atoms with Crippen LogP contribution in [-0.4, -0.2) is 4.98 Å². The Bertz CT molecular complexity index is 563. The van der Waals surface area contributed by atoms with Gasteiger partial charge in [0, 0.05) is 10.7 Å². The summed E-state index contributed by atoms with van der Waals surface area (Å²) in [7, 11) is 0. The molecule has 0 saturated carbocycles. The second-order valence-electron chi connectivity index (χ2n) is 3.70. The summed E-state index contributed by atoms with van der Waals surface area (Å²) < 4.78 is 27.1. The Morgan fingerprint density at radius 2 is 1.94 bits per heavy atom. The monoisotopic (exact) mass is 313 g/mol. The molecule has 0 spiro atoms. The first-order valence-electron chi connectivity index (χ1n) is 5.13. The molecular formula is C12H10BrF2N3. The molecular weight excluding hydrogens is 304 g/mol. The lowest BCUT2D eigenvalue weighted by Crippen LogP contribution is -2.29. The molecule has 0 amide bonds. The van der Waals surface area contributed by atoms with Crippen molar-refractivity contribution < 1.29 is 8.78 Å². The number of nitrogens with zero attached hydrogens (tertiary/aromatic N) is 1. The molecule has 1 heterocycles. The number of hydrazine groups is 1. The number of halogens is 3. The standard InChI is InChI=1S/C12H10BrF2N3/c13-11-2-1-8(14)4-10(11)12(18-16)7-3-9(15)6-17-5-7/h1-6,12,18H,16H2. The van der Waals surface area contributed by atoms with Gasteiger partial charge in [0.1, 0.15) is 11.6 Å². The molecule has 94 valence electrons. The number of rotatable bonds is 3. The third kappa shape index (κ3) is 2.72. The molecule has 6 heteroatoms. The zero-order valence-corrected chi connectivity index (χ0v) is 10.8. The van der Waals surface area contributed by atoms with Crippen molar-refractivity contribution in [3.8, 4) is 0 Å². The fraction of sp³-hybridized carbons (Fsp3) is 0.0833. The summed E-state index contributed by atoms with van der Waals surface area (Å²) >= 11 is 3.31. The Balaban J connectivity index is 2.48. The molecule has 0 fully saturated rings. The Morgan fingerprint density at radius 3 is 2.61 bits per heavy atom. The first kappa shape index (κ1) is 13.1. The van der Waals surface area contributed by atoms with E-state index in [0.717, 1.165) is 6.20 Å². The molecule has 3 nitrogen and oxygen atoms in total. The van der Waals surface area contributed by atoms with E-state index in [0.29, 0.717) is 15.6 Å². The Hall–Kier alpha value is -1.37. The van der Waals surface area contributed by atoms with Crippen LogP contribution in [0, 0.1) is 11.6 Å². The molecule has 1 aromatic heterocycles. The smallest absolute Gasteiger partial charge is 0.141 e. The highest BCUT2D eigenvalue weighted by Gasteiger charge is 2.17. The number of hydrogen-bond donors (Lipinski definition) is 2. The fourth-order valence-corrected chi connectivity index (χ4v) is 2.16. The van der Waals surface area contributed by atoms with Crippen LogP contribution in [0.4, 0.5) is 8.78 Å². The average molecular weight is 314 g/mol. The van der Waals surface area contributed by atoms with E-state index in [2.05, 4.69) is 26.3 Å². The van der Waals surface area contributed by atoms with E-state index in [4.69, 9.17) is 5.84 Å². The molecule has 2 aromatic rings. The van der Waals surface area contributed by atoms with Crippen LogP contribution < -0.4 is 11.3 Å². The Kier molecular flexibility index (Phi) is 4.00. The SMILES string of the molecule is NNC(c1cncc(F)c1)c1cc(F)ccc1Br. The largest absolute Gasteiger partial charge is 0.271 e. The van der Waals surface area contributed by atoms with Crippen LogP contribution in [0.15, 0.2) is 41.1 Å². The maximum absolute atomic E-state index is 13.3. The summed E-state index contributed by atoms with van der Waals surface area (Å²) in [6, 6.07) is 4.99. The van der Waals surface area contributed by atoms with Crippen molar-refractivity contribution in [2.75, 3.05) is 0 Å². The molecule has 0 aliphatic carbocycles. The third-order valence-electron chi connectivity index (χ3n) is 2.50. The Morgan fingerprint density at radius 1 is 1.17 bits per heavy atom. The highest BCUT2D eigenvalue weighted by atomic mass is 79.9. The minimum atomic E-state index is -0.543. The number of aromatic nitrogens is 1. The first-order valence-corrected chi connectivity index (χ1v) is 5.92. The summed E-state index contributed by atoms with van der Waals surface area (Å²) in [5, 5.41) is 0.